The molecule has 0 spiro atoms. The number of piperidine rings is 1. The van der Waals surface area contributed by atoms with Crippen molar-refractivity contribution >= 4 is 17.3 Å². The Hall–Kier alpha value is -1.73. The maximum Gasteiger partial charge on any atom is 0.131 e. The number of aliphatic hydroxyl groups excluding tert-OH is 1. The quantitative estimate of drug-likeness (QED) is 0.794. The summed E-state index contributed by atoms with van der Waals surface area (Å²) in [5.41, 5.74) is 4.15. The topological polar surface area (TPSA) is 55.7 Å². The van der Waals surface area contributed by atoms with Crippen LogP contribution in [0.5, 0.6) is 0 Å². The molecular weight excluding hydrogens is 374 g/mol. The van der Waals surface area contributed by atoms with Crippen LogP contribution in [0.1, 0.15) is 18.5 Å². The number of likely N-dealkylation sites (N-methyl/N-ethyl adjacent to an activating group) is 1. The van der Waals surface area contributed by atoms with E-state index in [9.17, 15) is 5.11 Å². The molecule has 2 aromatic rings. The molecule has 0 unspecified atom stereocenters. The second-order valence-corrected chi connectivity index (χ2v) is 8.27. The highest BCUT2D eigenvalue weighted by atomic mass is 35.5. The van der Waals surface area contributed by atoms with Gasteiger partial charge in [-0.1, -0.05) is 17.7 Å². The Balaban J connectivity index is 1.52. The van der Waals surface area contributed by atoms with Gasteiger partial charge in [0.2, 0.25) is 0 Å². The molecule has 0 amide bonds. The first-order valence-corrected chi connectivity index (χ1v) is 10.4. The van der Waals surface area contributed by atoms with Crippen LogP contribution in [0, 0.1) is 0 Å². The van der Waals surface area contributed by atoms with Crippen molar-refractivity contribution in [1.82, 2.24) is 19.8 Å². The van der Waals surface area contributed by atoms with Gasteiger partial charge in [0, 0.05) is 75.0 Å². The van der Waals surface area contributed by atoms with E-state index in [4.69, 9.17) is 16.6 Å². The van der Waals surface area contributed by atoms with Crippen molar-refractivity contribution in [2.24, 2.45) is 0 Å². The van der Waals surface area contributed by atoms with Gasteiger partial charge in [-0.25, -0.2) is 4.98 Å². The van der Waals surface area contributed by atoms with Crippen molar-refractivity contribution in [2.45, 2.75) is 25.5 Å². The van der Waals surface area contributed by atoms with E-state index in [0.29, 0.717) is 11.7 Å². The van der Waals surface area contributed by atoms with Crippen LogP contribution < -0.4 is 4.90 Å². The number of aromatic nitrogens is 2. The molecule has 0 saturated carbocycles. The molecule has 4 rings (SSSR count). The van der Waals surface area contributed by atoms with Crippen molar-refractivity contribution in [2.75, 3.05) is 51.2 Å². The standard InChI is InChI=1S/C21H28ClN5O/c1-25-7-9-26(10-8-25)14-17-5-4-16(12-23-17)19-13-24-21(22)11-20(19)27-6-2-3-18(28)15-27/h4-5,11-13,18,28H,2-3,6-10,14-15H2,1H3/t18-/m0/s1. The lowest BCUT2D eigenvalue weighted by atomic mass is 10.0. The van der Waals surface area contributed by atoms with Crippen LogP contribution in [0.25, 0.3) is 11.1 Å². The van der Waals surface area contributed by atoms with E-state index >= 15 is 0 Å². The first-order chi connectivity index (χ1) is 13.6. The summed E-state index contributed by atoms with van der Waals surface area (Å²) in [7, 11) is 2.17. The molecule has 0 aliphatic carbocycles. The first-order valence-electron chi connectivity index (χ1n) is 10.0. The Morgan fingerprint density at radius 2 is 1.93 bits per heavy atom. The average Bonchev–Trinajstić information content (AvgIpc) is 2.70. The molecule has 2 aliphatic heterocycles. The van der Waals surface area contributed by atoms with Crippen LogP contribution in [0.2, 0.25) is 5.15 Å². The zero-order valence-corrected chi connectivity index (χ0v) is 17.1. The van der Waals surface area contributed by atoms with Crippen LogP contribution in [-0.4, -0.2) is 77.3 Å². The highest BCUT2D eigenvalue weighted by Crippen LogP contribution is 2.33. The number of nitrogens with zero attached hydrogens (tertiary/aromatic N) is 5. The number of anilines is 1. The number of pyridine rings is 2. The normalized spacial score (nSPS) is 21.8. The van der Waals surface area contributed by atoms with Gasteiger partial charge in [0.1, 0.15) is 5.15 Å². The van der Waals surface area contributed by atoms with Gasteiger partial charge in [-0.05, 0) is 32.0 Å². The predicted octanol–water partition coefficient (Wildman–Crippen LogP) is 2.51. The molecule has 2 saturated heterocycles. The van der Waals surface area contributed by atoms with Crippen molar-refractivity contribution < 1.29 is 5.11 Å². The minimum absolute atomic E-state index is 0.294. The van der Waals surface area contributed by atoms with Gasteiger partial charge in [-0.3, -0.25) is 9.88 Å². The van der Waals surface area contributed by atoms with Crippen molar-refractivity contribution in [1.29, 1.82) is 0 Å². The van der Waals surface area contributed by atoms with Gasteiger partial charge < -0.3 is 14.9 Å². The van der Waals surface area contributed by atoms with E-state index in [-0.39, 0.29) is 6.10 Å². The highest BCUT2D eigenvalue weighted by molar-refractivity contribution is 6.29. The summed E-state index contributed by atoms with van der Waals surface area (Å²) in [5, 5.41) is 10.5. The smallest absolute Gasteiger partial charge is 0.131 e. The maximum atomic E-state index is 10.1. The molecule has 4 heterocycles. The molecule has 7 heteroatoms. The number of aliphatic hydroxyl groups is 1. The van der Waals surface area contributed by atoms with Crippen LogP contribution in [0.3, 0.4) is 0 Å². The van der Waals surface area contributed by atoms with Crippen molar-refractivity contribution in [3.63, 3.8) is 0 Å². The summed E-state index contributed by atoms with van der Waals surface area (Å²) >= 11 is 6.18. The second-order valence-electron chi connectivity index (χ2n) is 7.88. The predicted molar refractivity (Wildman–Crippen MR) is 113 cm³/mol. The Kier molecular flexibility index (Phi) is 6.11. The molecule has 0 radical (unpaired) electrons. The minimum Gasteiger partial charge on any atom is -0.391 e. The number of piperazine rings is 1. The van der Waals surface area contributed by atoms with Gasteiger partial charge in [0.25, 0.3) is 0 Å². The van der Waals surface area contributed by atoms with E-state index in [2.05, 4.69) is 38.9 Å². The second kappa shape index (κ2) is 8.74. The molecule has 6 nitrogen and oxygen atoms in total. The number of rotatable bonds is 4. The molecule has 1 atom stereocenters. The fourth-order valence-corrected chi connectivity index (χ4v) is 4.14. The number of halogens is 1. The maximum absolute atomic E-state index is 10.1. The summed E-state index contributed by atoms with van der Waals surface area (Å²) in [6.45, 7) is 6.82. The zero-order chi connectivity index (χ0) is 19.5. The summed E-state index contributed by atoms with van der Waals surface area (Å²) in [6.07, 6.45) is 5.28. The lowest BCUT2D eigenvalue weighted by Gasteiger charge is -2.33. The lowest BCUT2D eigenvalue weighted by molar-refractivity contribution is 0.147. The zero-order valence-electron chi connectivity index (χ0n) is 16.4. The SMILES string of the molecule is CN1CCN(Cc2ccc(-c3cnc(Cl)cc3N3CCC[C@H](O)C3)cn2)CC1. The van der Waals surface area contributed by atoms with E-state index in [1.165, 1.54) is 0 Å². The van der Waals surface area contributed by atoms with Gasteiger partial charge in [-0.2, -0.15) is 0 Å². The third kappa shape index (κ3) is 4.63. The molecule has 2 aliphatic rings. The Morgan fingerprint density at radius 1 is 1.11 bits per heavy atom. The van der Waals surface area contributed by atoms with E-state index in [1.54, 1.807) is 0 Å². The minimum atomic E-state index is -0.294. The molecule has 2 aromatic heterocycles. The van der Waals surface area contributed by atoms with Gasteiger partial charge in [0.05, 0.1) is 11.8 Å². The largest absolute Gasteiger partial charge is 0.391 e. The van der Waals surface area contributed by atoms with Crippen LogP contribution in [-0.2, 0) is 6.54 Å². The molecule has 28 heavy (non-hydrogen) atoms. The first kappa shape index (κ1) is 19.6. The average molecular weight is 402 g/mol. The van der Waals surface area contributed by atoms with Crippen LogP contribution in [0.15, 0.2) is 30.6 Å². The fourth-order valence-electron chi connectivity index (χ4n) is 3.99. The van der Waals surface area contributed by atoms with Crippen LogP contribution >= 0.6 is 11.6 Å². The molecule has 2 fully saturated rings. The molecular formula is C21H28ClN5O. The number of hydrogen-bond donors (Lipinski definition) is 1. The van der Waals surface area contributed by atoms with E-state index < -0.39 is 0 Å². The fraction of sp³-hybridized carbons (Fsp3) is 0.524. The van der Waals surface area contributed by atoms with E-state index in [0.717, 1.165) is 74.6 Å². The van der Waals surface area contributed by atoms with Crippen molar-refractivity contribution in [3.05, 3.63) is 41.4 Å². The van der Waals surface area contributed by atoms with Gasteiger partial charge in [-0.15, -0.1) is 0 Å². The van der Waals surface area contributed by atoms with E-state index in [1.807, 2.05) is 18.5 Å². The van der Waals surface area contributed by atoms with Crippen LogP contribution in [0.4, 0.5) is 5.69 Å². The van der Waals surface area contributed by atoms with Gasteiger partial charge in [0.15, 0.2) is 0 Å². The number of β-amino-alcohol motifs (C(OH)–C–C–N with tert-alkyl or cyclic N) is 1. The molecule has 1 N–H and O–H groups in total. The van der Waals surface area contributed by atoms with Gasteiger partial charge >= 0.3 is 0 Å². The molecule has 150 valence electrons. The molecule has 0 bridgehead atoms. The summed E-state index contributed by atoms with van der Waals surface area (Å²) in [5.74, 6) is 0. The third-order valence-electron chi connectivity index (χ3n) is 5.70. The third-order valence-corrected chi connectivity index (χ3v) is 5.91. The van der Waals surface area contributed by atoms with Crippen molar-refractivity contribution in [3.8, 4) is 11.1 Å². The summed E-state index contributed by atoms with van der Waals surface area (Å²) < 4.78 is 0. The highest BCUT2D eigenvalue weighted by Gasteiger charge is 2.21. The lowest BCUT2D eigenvalue weighted by Crippen LogP contribution is -2.43. The molecule has 0 aromatic carbocycles. The Morgan fingerprint density at radius 3 is 2.64 bits per heavy atom. The Labute approximate surface area is 171 Å². The number of hydrogen-bond acceptors (Lipinski definition) is 6. The Bertz CT molecular complexity index is 792. The summed E-state index contributed by atoms with van der Waals surface area (Å²) in [6, 6.07) is 6.12. The monoisotopic (exact) mass is 401 g/mol. The summed E-state index contributed by atoms with van der Waals surface area (Å²) in [4.78, 5) is 16.0.